The topological polar surface area (TPSA) is 112 Å². The zero-order valence-electron chi connectivity index (χ0n) is 17.8. The molecule has 2 rings (SSSR count). The maximum atomic E-state index is 12.2. The molecule has 2 aromatic rings. The molecule has 0 spiro atoms. The van der Waals surface area contributed by atoms with Gasteiger partial charge in [-0.25, -0.2) is 0 Å². The largest absolute Gasteiger partial charge is 0.492 e. The Balaban J connectivity index is 1.93. The molecule has 0 bridgehead atoms. The van der Waals surface area contributed by atoms with E-state index in [0.717, 1.165) is 4.47 Å². The first-order valence-corrected chi connectivity index (χ1v) is 10.4. The van der Waals surface area contributed by atoms with Crippen molar-refractivity contribution in [3.63, 3.8) is 0 Å². The molecule has 0 saturated carbocycles. The fourth-order valence-electron chi connectivity index (χ4n) is 2.98. The highest BCUT2D eigenvalue weighted by Gasteiger charge is 2.26. The molecule has 3 N–H and O–H groups in total. The SMILES string of the molecule is CC(=O)c1c(C)oc(NC(=O)CCCOc2ccc(C(C)(C)C)cc2Br)c1C(N)=O. The highest BCUT2D eigenvalue weighted by molar-refractivity contribution is 9.10. The van der Waals surface area contributed by atoms with E-state index < -0.39 is 5.91 Å². The van der Waals surface area contributed by atoms with Crippen LogP contribution in [0.1, 0.15) is 72.6 Å². The Bertz CT molecular complexity index is 973. The molecule has 7 nitrogen and oxygen atoms in total. The number of ketones is 1. The third-order valence-electron chi connectivity index (χ3n) is 4.54. The molecule has 1 heterocycles. The van der Waals surface area contributed by atoms with E-state index in [1.165, 1.54) is 19.4 Å². The summed E-state index contributed by atoms with van der Waals surface area (Å²) in [6.07, 6.45) is 0.593. The molecule has 0 fully saturated rings. The minimum atomic E-state index is -0.834. The lowest BCUT2D eigenvalue weighted by molar-refractivity contribution is -0.116. The summed E-state index contributed by atoms with van der Waals surface area (Å²) in [7, 11) is 0. The third-order valence-corrected chi connectivity index (χ3v) is 5.16. The smallest absolute Gasteiger partial charge is 0.255 e. The van der Waals surface area contributed by atoms with Crippen LogP contribution in [0.5, 0.6) is 5.75 Å². The molecule has 8 heteroatoms. The number of aryl methyl sites for hydroxylation is 1. The summed E-state index contributed by atoms with van der Waals surface area (Å²) in [5.74, 6) is -0.726. The number of nitrogens with two attached hydrogens (primary N) is 1. The fourth-order valence-corrected chi connectivity index (χ4v) is 3.47. The maximum absolute atomic E-state index is 12.2. The number of carbonyl (C=O) groups is 3. The summed E-state index contributed by atoms with van der Waals surface area (Å²) in [4.78, 5) is 35.7. The zero-order chi connectivity index (χ0) is 22.6. The highest BCUT2D eigenvalue weighted by Crippen LogP contribution is 2.31. The van der Waals surface area contributed by atoms with Crippen molar-refractivity contribution in [1.82, 2.24) is 0 Å². The van der Waals surface area contributed by atoms with E-state index in [-0.39, 0.29) is 46.3 Å². The van der Waals surface area contributed by atoms with Crippen molar-refractivity contribution < 1.29 is 23.5 Å². The Hall–Kier alpha value is -2.61. The molecular formula is C22H27BrN2O5. The standard InChI is InChI=1S/C22H27BrN2O5/c1-12(26)18-13(2)30-21(19(18)20(24)28)25-17(27)7-6-10-29-16-9-8-14(11-15(16)23)22(3,4)5/h8-9,11H,6-7,10H2,1-5H3,(H2,24,28)(H,25,27). The zero-order valence-corrected chi connectivity index (χ0v) is 19.4. The van der Waals surface area contributed by atoms with Gasteiger partial charge in [0, 0.05) is 6.42 Å². The number of hydrogen-bond acceptors (Lipinski definition) is 5. The molecule has 1 aromatic heterocycles. The van der Waals surface area contributed by atoms with E-state index in [1.807, 2.05) is 18.2 Å². The number of hydrogen-bond donors (Lipinski definition) is 2. The van der Waals surface area contributed by atoms with Gasteiger partial charge in [0.15, 0.2) is 5.78 Å². The molecule has 0 saturated heterocycles. The van der Waals surface area contributed by atoms with E-state index >= 15 is 0 Å². The number of Topliss-reactive ketones (excluding diaryl/α,β-unsaturated/α-hetero) is 1. The van der Waals surface area contributed by atoms with Gasteiger partial charge in [-0.3, -0.25) is 19.7 Å². The molecule has 30 heavy (non-hydrogen) atoms. The second-order valence-electron chi connectivity index (χ2n) is 8.05. The molecule has 0 aliphatic rings. The van der Waals surface area contributed by atoms with Gasteiger partial charge in [-0.2, -0.15) is 0 Å². The van der Waals surface area contributed by atoms with Gasteiger partial charge < -0.3 is 14.9 Å². The van der Waals surface area contributed by atoms with Gasteiger partial charge in [-0.1, -0.05) is 26.8 Å². The molecule has 162 valence electrons. The van der Waals surface area contributed by atoms with Gasteiger partial charge in [0.1, 0.15) is 17.1 Å². The van der Waals surface area contributed by atoms with Crippen LogP contribution in [0.15, 0.2) is 27.1 Å². The summed E-state index contributed by atoms with van der Waals surface area (Å²) in [5.41, 5.74) is 6.56. The third kappa shape index (κ3) is 5.72. The van der Waals surface area contributed by atoms with Gasteiger partial charge in [0.2, 0.25) is 11.8 Å². The van der Waals surface area contributed by atoms with Crippen molar-refractivity contribution in [2.45, 2.75) is 52.9 Å². The minimum absolute atomic E-state index is 0.0371. The quantitative estimate of drug-likeness (QED) is 0.419. The highest BCUT2D eigenvalue weighted by atomic mass is 79.9. The van der Waals surface area contributed by atoms with Crippen molar-refractivity contribution in [3.8, 4) is 5.75 Å². The lowest BCUT2D eigenvalue weighted by Crippen LogP contribution is -2.19. The average Bonchev–Trinajstić information content (AvgIpc) is 2.95. The van der Waals surface area contributed by atoms with Gasteiger partial charge in [-0.05, 0) is 59.3 Å². The van der Waals surface area contributed by atoms with Crippen molar-refractivity contribution >= 4 is 39.4 Å². The van der Waals surface area contributed by atoms with Crippen LogP contribution in [0.25, 0.3) is 0 Å². The Labute approximate surface area is 184 Å². The van der Waals surface area contributed by atoms with E-state index in [2.05, 4.69) is 42.0 Å². The molecule has 0 aliphatic heterocycles. The Morgan fingerprint density at radius 1 is 1.20 bits per heavy atom. The normalized spacial score (nSPS) is 11.3. The molecule has 2 amide bonds. The van der Waals surface area contributed by atoms with Crippen molar-refractivity contribution in [3.05, 3.63) is 45.1 Å². The van der Waals surface area contributed by atoms with E-state index in [4.69, 9.17) is 14.9 Å². The molecule has 1 aromatic carbocycles. The second kappa shape index (κ2) is 9.47. The summed E-state index contributed by atoms with van der Waals surface area (Å²) >= 11 is 3.52. The molecule has 0 radical (unpaired) electrons. The molecular weight excluding hydrogens is 452 g/mol. The summed E-state index contributed by atoms with van der Waals surface area (Å²) < 4.78 is 12.0. The van der Waals surface area contributed by atoms with Crippen LogP contribution < -0.4 is 15.8 Å². The van der Waals surface area contributed by atoms with Crippen LogP contribution in [0, 0.1) is 6.92 Å². The summed E-state index contributed by atoms with van der Waals surface area (Å²) in [5, 5.41) is 2.52. The Kier molecular flexibility index (Phi) is 7.47. The fraction of sp³-hybridized carbons (Fsp3) is 0.409. The first-order valence-electron chi connectivity index (χ1n) is 9.58. The minimum Gasteiger partial charge on any atom is -0.492 e. The van der Waals surface area contributed by atoms with Crippen molar-refractivity contribution in [2.24, 2.45) is 5.73 Å². The van der Waals surface area contributed by atoms with Crippen molar-refractivity contribution in [1.29, 1.82) is 0 Å². The van der Waals surface area contributed by atoms with E-state index in [1.54, 1.807) is 0 Å². The lowest BCUT2D eigenvalue weighted by Gasteiger charge is -2.20. The molecule has 0 unspecified atom stereocenters. The van der Waals surface area contributed by atoms with E-state index in [0.29, 0.717) is 18.8 Å². The molecule has 0 atom stereocenters. The van der Waals surface area contributed by atoms with Crippen LogP contribution in [-0.2, 0) is 10.2 Å². The van der Waals surface area contributed by atoms with Crippen LogP contribution >= 0.6 is 15.9 Å². The van der Waals surface area contributed by atoms with Gasteiger partial charge in [0.25, 0.3) is 5.91 Å². The van der Waals surface area contributed by atoms with Gasteiger partial charge in [-0.15, -0.1) is 0 Å². The molecule has 0 aliphatic carbocycles. The average molecular weight is 479 g/mol. The predicted octanol–water partition coefficient (Wildman–Crippen LogP) is 4.75. The lowest BCUT2D eigenvalue weighted by atomic mass is 9.87. The monoisotopic (exact) mass is 478 g/mol. The van der Waals surface area contributed by atoms with Crippen LogP contribution in [0.3, 0.4) is 0 Å². The number of anilines is 1. The van der Waals surface area contributed by atoms with Crippen LogP contribution in [-0.4, -0.2) is 24.2 Å². The number of carbonyl (C=O) groups excluding carboxylic acids is 3. The van der Waals surface area contributed by atoms with Gasteiger partial charge in [0.05, 0.1) is 16.6 Å². The number of nitrogens with one attached hydrogen (secondary N) is 1. The maximum Gasteiger partial charge on any atom is 0.255 e. The number of benzene rings is 1. The van der Waals surface area contributed by atoms with Crippen LogP contribution in [0.4, 0.5) is 5.88 Å². The Morgan fingerprint density at radius 2 is 1.87 bits per heavy atom. The Morgan fingerprint density at radius 3 is 2.40 bits per heavy atom. The first kappa shape index (κ1) is 23.7. The number of furan rings is 1. The first-order chi connectivity index (χ1) is 13.9. The predicted molar refractivity (Wildman–Crippen MR) is 118 cm³/mol. The van der Waals surface area contributed by atoms with E-state index in [9.17, 15) is 14.4 Å². The van der Waals surface area contributed by atoms with Crippen molar-refractivity contribution in [2.75, 3.05) is 11.9 Å². The number of halogens is 1. The number of rotatable bonds is 8. The second-order valence-corrected chi connectivity index (χ2v) is 8.91. The van der Waals surface area contributed by atoms with Gasteiger partial charge >= 0.3 is 0 Å². The number of primary amides is 1. The number of ether oxygens (including phenoxy) is 1. The summed E-state index contributed by atoms with van der Waals surface area (Å²) in [6, 6.07) is 5.95. The number of amides is 2. The summed E-state index contributed by atoms with van der Waals surface area (Å²) in [6.45, 7) is 9.58. The van der Waals surface area contributed by atoms with Crippen LogP contribution in [0.2, 0.25) is 0 Å².